The monoisotopic (exact) mass is 255 g/mol. The third-order valence-electron chi connectivity index (χ3n) is 2.75. The van der Waals surface area contributed by atoms with Gasteiger partial charge in [-0.1, -0.05) is 6.07 Å². The van der Waals surface area contributed by atoms with Gasteiger partial charge in [0.25, 0.3) is 0 Å². The first-order valence-electron chi connectivity index (χ1n) is 5.89. The Hall–Kier alpha value is -2.70. The van der Waals surface area contributed by atoms with Crippen LogP contribution in [-0.4, -0.2) is 30.2 Å². The lowest BCUT2D eigenvalue weighted by Gasteiger charge is -2.07. The van der Waals surface area contributed by atoms with Crippen LogP contribution in [0, 0.1) is 6.92 Å². The van der Waals surface area contributed by atoms with Crippen LogP contribution in [0.2, 0.25) is 0 Å². The van der Waals surface area contributed by atoms with Crippen LogP contribution < -0.4 is 5.32 Å². The average Bonchev–Trinajstić information content (AvgIpc) is 3.08. The Bertz CT molecular complexity index is 656. The number of nitrogens with zero attached hydrogens (tertiary/aromatic N) is 5. The van der Waals surface area contributed by atoms with E-state index in [1.165, 1.54) is 0 Å². The predicted molar refractivity (Wildman–Crippen MR) is 69.8 cm³/mol. The Morgan fingerprint density at radius 2 is 2.32 bits per heavy atom. The van der Waals surface area contributed by atoms with E-state index in [2.05, 4.69) is 30.8 Å². The van der Waals surface area contributed by atoms with E-state index in [1.807, 2.05) is 31.2 Å². The van der Waals surface area contributed by atoms with Crippen molar-refractivity contribution in [1.29, 1.82) is 0 Å². The highest BCUT2D eigenvalue weighted by Crippen LogP contribution is 2.15. The summed E-state index contributed by atoms with van der Waals surface area (Å²) in [6, 6.07) is 7.93. The number of aryl methyl sites for hydroxylation is 1. The van der Waals surface area contributed by atoms with Crippen LogP contribution in [-0.2, 0) is 6.54 Å². The molecular weight excluding hydrogens is 242 g/mol. The SMILES string of the molecule is Cc1nnnn1-c1cccc(NCc2cnc[nH]2)c1. The van der Waals surface area contributed by atoms with Gasteiger partial charge in [-0.3, -0.25) is 0 Å². The van der Waals surface area contributed by atoms with Gasteiger partial charge in [-0.05, 0) is 35.5 Å². The first-order chi connectivity index (χ1) is 9.33. The smallest absolute Gasteiger partial charge is 0.153 e. The molecule has 96 valence electrons. The molecule has 3 rings (SSSR count). The van der Waals surface area contributed by atoms with Crippen molar-refractivity contribution in [2.24, 2.45) is 0 Å². The minimum absolute atomic E-state index is 0.693. The van der Waals surface area contributed by atoms with E-state index < -0.39 is 0 Å². The van der Waals surface area contributed by atoms with Crippen LogP contribution in [0.5, 0.6) is 0 Å². The number of imidazole rings is 1. The van der Waals surface area contributed by atoms with E-state index in [4.69, 9.17) is 0 Å². The van der Waals surface area contributed by atoms with Crippen molar-refractivity contribution in [3.8, 4) is 5.69 Å². The maximum Gasteiger partial charge on any atom is 0.153 e. The largest absolute Gasteiger partial charge is 0.379 e. The normalized spacial score (nSPS) is 10.6. The highest BCUT2D eigenvalue weighted by Gasteiger charge is 2.04. The molecule has 0 fully saturated rings. The van der Waals surface area contributed by atoms with Gasteiger partial charge in [0.1, 0.15) is 0 Å². The first kappa shape index (κ1) is 11.4. The Balaban J connectivity index is 1.78. The molecule has 2 heterocycles. The van der Waals surface area contributed by atoms with Crippen molar-refractivity contribution < 1.29 is 0 Å². The lowest BCUT2D eigenvalue weighted by atomic mass is 10.2. The number of aromatic nitrogens is 6. The van der Waals surface area contributed by atoms with E-state index in [0.717, 1.165) is 22.9 Å². The van der Waals surface area contributed by atoms with Crippen LogP contribution in [0.1, 0.15) is 11.5 Å². The molecule has 7 nitrogen and oxygen atoms in total. The van der Waals surface area contributed by atoms with Crippen LogP contribution in [0.3, 0.4) is 0 Å². The van der Waals surface area contributed by atoms with Crippen LogP contribution in [0.15, 0.2) is 36.8 Å². The quantitative estimate of drug-likeness (QED) is 0.734. The van der Waals surface area contributed by atoms with Crippen molar-refractivity contribution in [2.45, 2.75) is 13.5 Å². The average molecular weight is 255 g/mol. The summed E-state index contributed by atoms with van der Waals surface area (Å²) in [4.78, 5) is 7.03. The molecule has 0 aliphatic rings. The van der Waals surface area contributed by atoms with Gasteiger partial charge in [0.15, 0.2) is 5.82 Å². The van der Waals surface area contributed by atoms with Gasteiger partial charge >= 0.3 is 0 Å². The van der Waals surface area contributed by atoms with Gasteiger partial charge in [0.05, 0.1) is 24.3 Å². The number of nitrogens with one attached hydrogen (secondary N) is 2. The molecule has 0 radical (unpaired) electrons. The number of hydrogen-bond donors (Lipinski definition) is 2. The molecule has 0 saturated carbocycles. The number of anilines is 1. The summed E-state index contributed by atoms with van der Waals surface area (Å²) in [5.41, 5.74) is 2.96. The summed E-state index contributed by atoms with van der Waals surface area (Å²) >= 11 is 0. The third kappa shape index (κ3) is 2.44. The van der Waals surface area contributed by atoms with Gasteiger partial charge in [-0.15, -0.1) is 5.10 Å². The molecule has 2 aromatic heterocycles. The highest BCUT2D eigenvalue weighted by molar-refractivity contribution is 5.51. The van der Waals surface area contributed by atoms with Crippen molar-refractivity contribution in [3.63, 3.8) is 0 Å². The minimum Gasteiger partial charge on any atom is -0.379 e. The standard InChI is InChI=1S/C12H13N7/c1-9-16-17-18-19(9)12-4-2-3-10(5-12)14-7-11-6-13-8-15-11/h2-6,8,14H,7H2,1H3,(H,13,15). The second-order valence-electron chi connectivity index (χ2n) is 4.12. The molecule has 1 aromatic carbocycles. The maximum atomic E-state index is 3.98. The van der Waals surface area contributed by atoms with Crippen molar-refractivity contribution in [1.82, 2.24) is 30.2 Å². The van der Waals surface area contributed by atoms with Crippen LogP contribution in [0.25, 0.3) is 5.69 Å². The fourth-order valence-electron chi connectivity index (χ4n) is 1.80. The van der Waals surface area contributed by atoms with Crippen LogP contribution in [0.4, 0.5) is 5.69 Å². The zero-order valence-electron chi connectivity index (χ0n) is 10.4. The molecule has 0 aliphatic heterocycles. The molecule has 7 heteroatoms. The van der Waals surface area contributed by atoms with Gasteiger partial charge in [-0.2, -0.15) is 4.68 Å². The van der Waals surface area contributed by atoms with Gasteiger partial charge in [0, 0.05) is 11.9 Å². The summed E-state index contributed by atoms with van der Waals surface area (Å²) in [6.45, 7) is 2.56. The number of H-pyrrole nitrogens is 1. The summed E-state index contributed by atoms with van der Waals surface area (Å²) in [7, 11) is 0. The molecule has 0 aliphatic carbocycles. The molecule has 0 spiro atoms. The second kappa shape index (κ2) is 4.89. The topological polar surface area (TPSA) is 84.3 Å². The van der Waals surface area contributed by atoms with Gasteiger partial charge in [-0.25, -0.2) is 4.98 Å². The molecular formula is C12H13N7. The molecule has 0 saturated heterocycles. The number of tetrazole rings is 1. The van der Waals surface area contributed by atoms with Gasteiger partial charge < -0.3 is 10.3 Å². The summed E-state index contributed by atoms with van der Waals surface area (Å²) in [5.74, 6) is 0.755. The lowest BCUT2D eigenvalue weighted by Crippen LogP contribution is -2.03. The molecule has 19 heavy (non-hydrogen) atoms. The Morgan fingerprint density at radius 3 is 3.05 bits per heavy atom. The zero-order chi connectivity index (χ0) is 13.1. The fraction of sp³-hybridized carbons (Fsp3) is 0.167. The number of aromatic amines is 1. The Labute approximate surface area is 109 Å². The third-order valence-corrected chi connectivity index (χ3v) is 2.75. The Morgan fingerprint density at radius 1 is 1.37 bits per heavy atom. The summed E-state index contributed by atoms with van der Waals surface area (Å²) < 4.78 is 1.70. The number of hydrogen-bond acceptors (Lipinski definition) is 5. The van der Waals surface area contributed by atoms with Crippen molar-refractivity contribution in [3.05, 3.63) is 48.3 Å². The van der Waals surface area contributed by atoms with E-state index in [1.54, 1.807) is 17.2 Å². The maximum absolute atomic E-state index is 3.98. The van der Waals surface area contributed by atoms with E-state index in [-0.39, 0.29) is 0 Å². The lowest BCUT2D eigenvalue weighted by molar-refractivity contribution is 0.779. The zero-order valence-corrected chi connectivity index (χ0v) is 10.4. The fourth-order valence-corrected chi connectivity index (χ4v) is 1.80. The molecule has 0 unspecified atom stereocenters. The summed E-state index contributed by atoms with van der Waals surface area (Å²) in [5, 5.41) is 14.8. The first-order valence-corrected chi connectivity index (χ1v) is 5.89. The highest BCUT2D eigenvalue weighted by atomic mass is 15.5. The molecule has 0 amide bonds. The number of benzene rings is 1. The summed E-state index contributed by atoms with van der Waals surface area (Å²) in [6.07, 6.45) is 3.46. The molecule has 3 aromatic rings. The van der Waals surface area contributed by atoms with Gasteiger partial charge in [0.2, 0.25) is 0 Å². The second-order valence-corrected chi connectivity index (χ2v) is 4.12. The van der Waals surface area contributed by atoms with E-state index >= 15 is 0 Å². The minimum atomic E-state index is 0.693. The van der Waals surface area contributed by atoms with E-state index in [0.29, 0.717) is 6.54 Å². The van der Waals surface area contributed by atoms with Crippen molar-refractivity contribution in [2.75, 3.05) is 5.32 Å². The van der Waals surface area contributed by atoms with Crippen LogP contribution >= 0.6 is 0 Å². The van der Waals surface area contributed by atoms with Crippen molar-refractivity contribution >= 4 is 5.69 Å². The van der Waals surface area contributed by atoms with E-state index in [9.17, 15) is 0 Å². The Kier molecular flexibility index (Phi) is 2.93. The molecule has 0 bridgehead atoms. The predicted octanol–water partition coefficient (Wildman–Crippen LogP) is 1.31. The molecule has 0 atom stereocenters. The number of rotatable bonds is 4. The molecule has 2 N–H and O–H groups in total.